The van der Waals surface area contributed by atoms with Crippen LogP contribution < -0.4 is 11.1 Å². The van der Waals surface area contributed by atoms with Crippen LogP contribution >= 0.6 is 11.6 Å². The van der Waals surface area contributed by atoms with E-state index >= 15 is 0 Å². The molecule has 1 aliphatic rings. The van der Waals surface area contributed by atoms with E-state index < -0.39 is 17.1 Å². The fraction of sp³-hybridized carbons (Fsp3) is 0.667. The number of hydrogen-bond donors (Lipinski definition) is 2. The summed E-state index contributed by atoms with van der Waals surface area (Å²) in [7, 11) is 0. The van der Waals surface area contributed by atoms with E-state index in [0.717, 1.165) is 6.29 Å². The Morgan fingerprint density at radius 2 is 2.55 bits per heavy atom. The first-order valence-electron chi connectivity index (χ1n) is 3.27. The van der Waals surface area contributed by atoms with Crippen molar-refractivity contribution in [3.05, 3.63) is 0 Å². The van der Waals surface area contributed by atoms with Gasteiger partial charge >= 0.3 is 0 Å². The highest BCUT2D eigenvalue weighted by molar-refractivity contribution is 6.25. The average Bonchev–Trinajstić information content (AvgIpc) is 1.86. The van der Waals surface area contributed by atoms with Crippen LogP contribution in [0.25, 0.3) is 0 Å². The van der Waals surface area contributed by atoms with Crippen LogP contribution in [0.1, 0.15) is 6.92 Å². The predicted molar refractivity (Wildman–Crippen MR) is 43.4 cm³/mol. The molecule has 0 fully saturated rings. The molecule has 3 N–H and O–H groups in total. The lowest BCUT2D eigenvalue weighted by molar-refractivity contribution is -0.112. The van der Waals surface area contributed by atoms with E-state index in [2.05, 4.69) is 10.3 Å². The summed E-state index contributed by atoms with van der Waals surface area (Å²) in [5, 5.41) is 2.75. The third-order valence-electron chi connectivity index (χ3n) is 1.73. The second-order valence-corrected chi connectivity index (χ2v) is 3.44. The van der Waals surface area contributed by atoms with Gasteiger partial charge < -0.3 is 15.8 Å². The maximum atomic E-state index is 10.5. The molecule has 0 aliphatic carbocycles. The van der Waals surface area contributed by atoms with Crippen LogP contribution in [0.2, 0.25) is 0 Å². The Morgan fingerprint density at radius 1 is 1.91 bits per heavy atom. The van der Waals surface area contributed by atoms with E-state index in [-0.39, 0.29) is 0 Å². The van der Waals surface area contributed by atoms with Crippen molar-refractivity contribution in [2.45, 2.75) is 18.1 Å². The Morgan fingerprint density at radius 3 is 2.91 bits per heavy atom. The second-order valence-electron chi connectivity index (χ2n) is 2.65. The highest BCUT2D eigenvalue weighted by Crippen LogP contribution is 2.24. The summed E-state index contributed by atoms with van der Waals surface area (Å²) in [4.78, 5) is 13.5. The monoisotopic (exact) mass is 175 g/mol. The van der Waals surface area contributed by atoms with Gasteiger partial charge in [-0.05, 0) is 6.92 Å². The number of aliphatic imine (C=N–C) groups is 1. The van der Waals surface area contributed by atoms with Crippen molar-refractivity contribution in [2.24, 2.45) is 16.6 Å². The molecule has 5 heteroatoms. The first-order valence-corrected chi connectivity index (χ1v) is 3.65. The van der Waals surface area contributed by atoms with Crippen molar-refractivity contribution in [2.75, 3.05) is 0 Å². The Bertz CT molecular complexity index is 192. The summed E-state index contributed by atoms with van der Waals surface area (Å²) in [5.41, 5.74) is 5.51. The number of alkyl halides is 1. The standard InChI is InChI=1S/C6H10ClN3O/c1-6(7)4(2-11)5(8)9-3-10-6/h2-5H,8H2,1H3,(H,9,10). The molecule has 0 radical (unpaired) electrons. The maximum absolute atomic E-state index is 10.5. The first kappa shape index (κ1) is 8.49. The zero-order valence-electron chi connectivity index (χ0n) is 6.12. The van der Waals surface area contributed by atoms with Crippen molar-refractivity contribution in [1.82, 2.24) is 5.32 Å². The smallest absolute Gasteiger partial charge is 0.130 e. The van der Waals surface area contributed by atoms with Crippen molar-refractivity contribution >= 4 is 24.2 Å². The number of nitrogens with one attached hydrogen (secondary N) is 1. The highest BCUT2D eigenvalue weighted by Gasteiger charge is 2.37. The number of halogens is 1. The third-order valence-corrected chi connectivity index (χ3v) is 2.10. The van der Waals surface area contributed by atoms with Crippen molar-refractivity contribution in [1.29, 1.82) is 0 Å². The quantitative estimate of drug-likeness (QED) is 0.326. The fourth-order valence-corrected chi connectivity index (χ4v) is 1.20. The van der Waals surface area contributed by atoms with Gasteiger partial charge in [-0.1, -0.05) is 11.6 Å². The number of nitrogens with zero attached hydrogens (tertiary/aromatic N) is 1. The van der Waals surface area contributed by atoms with Gasteiger partial charge in [0.15, 0.2) is 0 Å². The normalized spacial score (nSPS) is 43.2. The van der Waals surface area contributed by atoms with E-state index in [1.807, 2.05) is 0 Å². The van der Waals surface area contributed by atoms with E-state index in [0.29, 0.717) is 0 Å². The van der Waals surface area contributed by atoms with Crippen molar-refractivity contribution in [3.8, 4) is 0 Å². The lowest BCUT2D eigenvalue weighted by atomic mass is 9.98. The maximum Gasteiger partial charge on any atom is 0.130 e. The molecule has 0 aromatic rings. The molecule has 4 nitrogen and oxygen atoms in total. The van der Waals surface area contributed by atoms with Gasteiger partial charge in [-0.2, -0.15) is 0 Å². The van der Waals surface area contributed by atoms with Gasteiger partial charge in [0.05, 0.1) is 12.3 Å². The molecule has 0 bridgehead atoms. The minimum Gasteiger partial charge on any atom is -0.357 e. The van der Waals surface area contributed by atoms with Crippen LogP contribution in [0.3, 0.4) is 0 Å². The van der Waals surface area contributed by atoms with Gasteiger partial charge in [0.1, 0.15) is 17.5 Å². The van der Waals surface area contributed by atoms with Crippen LogP contribution in [0.15, 0.2) is 4.99 Å². The van der Waals surface area contributed by atoms with Gasteiger partial charge in [-0.3, -0.25) is 4.99 Å². The van der Waals surface area contributed by atoms with Crippen LogP contribution in [0.5, 0.6) is 0 Å². The summed E-state index contributed by atoms with van der Waals surface area (Å²) < 4.78 is 0. The summed E-state index contributed by atoms with van der Waals surface area (Å²) in [6.45, 7) is 1.69. The molecule has 3 unspecified atom stereocenters. The van der Waals surface area contributed by atoms with Gasteiger partial charge in [-0.25, -0.2) is 0 Å². The molecule has 62 valence electrons. The predicted octanol–water partition coefficient (Wildman–Crippen LogP) is -0.327. The number of rotatable bonds is 1. The van der Waals surface area contributed by atoms with Gasteiger partial charge in [0.2, 0.25) is 0 Å². The second kappa shape index (κ2) is 2.79. The van der Waals surface area contributed by atoms with Crippen molar-refractivity contribution < 1.29 is 4.79 Å². The Labute approximate surface area is 69.8 Å². The molecule has 0 aromatic carbocycles. The van der Waals surface area contributed by atoms with Gasteiger partial charge in [-0.15, -0.1) is 0 Å². The summed E-state index contributed by atoms with van der Waals surface area (Å²) in [6.07, 6.45) is 1.62. The van der Waals surface area contributed by atoms with Gasteiger partial charge in [0, 0.05) is 0 Å². The summed E-state index contributed by atoms with van der Waals surface area (Å²) >= 11 is 5.92. The molecule has 0 spiro atoms. The van der Waals surface area contributed by atoms with Gasteiger partial charge in [0.25, 0.3) is 0 Å². The fourth-order valence-electron chi connectivity index (χ4n) is 0.967. The summed E-state index contributed by atoms with van der Waals surface area (Å²) in [5.74, 6) is -0.478. The first-order chi connectivity index (χ1) is 5.08. The zero-order valence-corrected chi connectivity index (χ0v) is 6.88. The highest BCUT2D eigenvalue weighted by atomic mass is 35.5. The molecule has 11 heavy (non-hydrogen) atoms. The van der Waals surface area contributed by atoms with E-state index in [1.54, 1.807) is 6.92 Å². The molecule has 0 aromatic heterocycles. The number of nitrogens with two attached hydrogens (primary N) is 1. The van der Waals surface area contributed by atoms with Crippen LogP contribution in [-0.2, 0) is 4.79 Å². The number of carbonyl (C=O) groups is 1. The SMILES string of the molecule is CC1(Cl)NC=NC(N)C1C=O. The zero-order chi connectivity index (χ0) is 8.48. The molecular formula is C6H10ClN3O. The molecular weight excluding hydrogens is 166 g/mol. The molecule has 3 atom stereocenters. The summed E-state index contributed by atoms with van der Waals surface area (Å²) in [6, 6.07) is 0. The van der Waals surface area contributed by atoms with Crippen LogP contribution in [0.4, 0.5) is 0 Å². The molecule has 1 rings (SSSR count). The molecule has 0 amide bonds. The van der Waals surface area contributed by atoms with E-state index in [9.17, 15) is 4.79 Å². The third kappa shape index (κ3) is 1.52. The average molecular weight is 176 g/mol. The topological polar surface area (TPSA) is 67.5 Å². The largest absolute Gasteiger partial charge is 0.357 e. The van der Waals surface area contributed by atoms with Crippen molar-refractivity contribution in [3.63, 3.8) is 0 Å². The van der Waals surface area contributed by atoms with Crippen LogP contribution in [0, 0.1) is 5.92 Å². The number of aldehydes is 1. The van der Waals surface area contributed by atoms with Crippen LogP contribution in [-0.4, -0.2) is 23.8 Å². The Balaban J connectivity index is 2.85. The molecule has 0 saturated carbocycles. The number of hydrogen-bond acceptors (Lipinski definition) is 4. The minimum absolute atomic E-state index is 0.478. The van der Waals surface area contributed by atoms with E-state index in [1.165, 1.54) is 6.34 Å². The Hall–Kier alpha value is -0.610. The molecule has 1 heterocycles. The lowest BCUT2D eigenvalue weighted by Crippen LogP contribution is -2.54. The minimum atomic E-state index is -0.803. The molecule has 0 saturated heterocycles. The number of carbonyl (C=O) groups excluding carboxylic acids is 1. The lowest BCUT2D eigenvalue weighted by Gasteiger charge is -2.33. The van der Waals surface area contributed by atoms with E-state index in [4.69, 9.17) is 17.3 Å². The Kier molecular flexibility index (Phi) is 2.15. The molecule has 1 aliphatic heterocycles.